The first-order valence-corrected chi connectivity index (χ1v) is 7.37. The summed E-state index contributed by atoms with van der Waals surface area (Å²) in [5.41, 5.74) is 0.898. The van der Waals surface area contributed by atoms with E-state index >= 15 is 0 Å². The van der Waals surface area contributed by atoms with Crippen molar-refractivity contribution < 1.29 is 14.3 Å². The molecule has 4 heteroatoms. The second kappa shape index (κ2) is 7.29. The van der Waals surface area contributed by atoms with Gasteiger partial charge in [0.25, 0.3) is 0 Å². The van der Waals surface area contributed by atoms with E-state index in [9.17, 15) is 4.79 Å². The van der Waals surface area contributed by atoms with E-state index in [4.69, 9.17) is 9.47 Å². The fraction of sp³-hybridized carbons (Fsp3) is 0.562. The van der Waals surface area contributed by atoms with Crippen LogP contribution in [0.3, 0.4) is 0 Å². The Morgan fingerprint density at radius 3 is 2.80 bits per heavy atom. The average Bonchev–Trinajstić information content (AvgIpc) is 3.24. The zero-order chi connectivity index (χ0) is 14.4. The van der Waals surface area contributed by atoms with Crippen LogP contribution in [-0.4, -0.2) is 25.7 Å². The number of ether oxygens (including phenoxy) is 2. The fourth-order valence-electron chi connectivity index (χ4n) is 2.12. The van der Waals surface area contributed by atoms with E-state index in [-0.39, 0.29) is 5.97 Å². The number of benzene rings is 1. The van der Waals surface area contributed by atoms with Crippen LogP contribution in [0.25, 0.3) is 0 Å². The van der Waals surface area contributed by atoms with Gasteiger partial charge in [-0.2, -0.15) is 0 Å². The van der Waals surface area contributed by atoms with Gasteiger partial charge in [0.2, 0.25) is 0 Å². The quantitative estimate of drug-likeness (QED) is 0.742. The maximum absolute atomic E-state index is 12.1. The number of esters is 1. The van der Waals surface area contributed by atoms with Gasteiger partial charge in [0.1, 0.15) is 11.8 Å². The van der Waals surface area contributed by atoms with Crippen LogP contribution in [0, 0.1) is 5.92 Å². The van der Waals surface area contributed by atoms with E-state index in [2.05, 4.69) is 5.32 Å². The molecule has 0 amide bonds. The molecule has 1 aliphatic rings. The summed E-state index contributed by atoms with van der Waals surface area (Å²) in [6.07, 6.45) is 2.50. The van der Waals surface area contributed by atoms with Crippen molar-refractivity contribution in [1.29, 1.82) is 0 Å². The van der Waals surface area contributed by atoms with E-state index in [1.165, 1.54) is 12.8 Å². The first-order valence-electron chi connectivity index (χ1n) is 7.37. The zero-order valence-electron chi connectivity index (χ0n) is 12.2. The van der Waals surface area contributed by atoms with Crippen molar-refractivity contribution in [1.82, 2.24) is 5.32 Å². The van der Waals surface area contributed by atoms with Crippen LogP contribution in [0.1, 0.15) is 38.3 Å². The van der Waals surface area contributed by atoms with Crippen LogP contribution in [0.5, 0.6) is 5.75 Å². The van der Waals surface area contributed by atoms with E-state index in [1.807, 2.05) is 38.1 Å². The summed E-state index contributed by atoms with van der Waals surface area (Å²) in [4.78, 5) is 12.1. The zero-order valence-corrected chi connectivity index (χ0v) is 12.2. The predicted molar refractivity (Wildman–Crippen MR) is 77.7 cm³/mol. The highest BCUT2D eigenvalue weighted by atomic mass is 16.5. The topological polar surface area (TPSA) is 47.6 Å². The van der Waals surface area contributed by atoms with Crippen LogP contribution < -0.4 is 10.1 Å². The Balaban J connectivity index is 2.10. The molecule has 1 aliphatic carbocycles. The van der Waals surface area contributed by atoms with Gasteiger partial charge in [0.05, 0.1) is 13.2 Å². The van der Waals surface area contributed by atoms with Gasteiger partial charge in [0, 0.05) is 0 Å². The van der Waals surface area contributed by atoms with Crippen LogP contribution in [0.4, 0.5) is 0 Å². The molecule has 110 valence electrons. The Bertz CT molecular complexity index is 443. The number of carbonyl (C=O) groups excluding carboxylic acids is 1. The van der Waals surface area contributed by atoms with Gasteiger partial charge < -0.3 is 14.8 Å². The summed E-state index contributed by atoms with van der Waals surface area (Å²) in [7, 11) is 0. The minimum Gasteiger partial charge on any atom is -0.494 e. The van der Waals surface area contributed by atoms with Gasteiger partial charge in [-0.3, -0.25) is 0 Å². The fourth-order valence-corrected chi connectivity index (χ4v) is 2.12. The molecule has 0 spiro atoms. The molecule has 1 atom stereocenters. The number of nitrogens with one attached hydrogen (secondary N) is 1. The monoisotopic (exact) mass is 277 g/mol. The molecule has 1 unspecified atom stereocenters. The summed E-state index contributed by atoms with van der Waals surface area (Å²) >= 11 is 0. The van der Waals surface area contributed by atoms with Crippen molar-refractivity contribution in [3.8, 4) is 5.75 Å². The van der Waals surface area contributed by atoms with Gasteiger partial charge >= 0.3 is 5.97 Å². The predicted octanol–water partition coefficient (Wildman–Crippen LogP) is 2.69. The number of rotatable bonds is 8. The molecule has 1 aromatic rings. The molecule has 0 aliphatic heterocycles. The summed E-state index contributed by atoms with van der Waals surface area (Å²) in [5.74, 6) is 1.27. The van der Waals surface area contributed by atoms with E-state index in [0.29, 0.717) is 19.1 Å². The van der Waals surface area contributed by atoms with Gasteiger partial charge in [-0.1, -0.05) is 12.1 Å². The SMILES string of the molecule is CCOC(=O)C(NCC1CC1)c1cccc(OCC)c1. The molecule has 1 aromatic carbocycles. The highest BCUT2D eigenvalue weighted by molar-refractivity contribution is 5.77. The molecule has 1 saturated carbocycles. The second-order valence-corrected chi connectivity index (χ2v) is 5.04. The molecule has 4 nitrogen and oxygen atoms in total. The van der Waals surface area contributed by atoms with Crippen molar-refractivity contribution >= 4 is 5.97 Å². The second-order valence-electron chi connectivity index (χ2n) is 5.04. The standard InChI is InChI=1S/C16H23NO3/c1-3-19-14-7-5-6-13(10-14)15(16(18)20-4-2)17-11-12-8-9-12/h5-7,10,12,15,17H,3-4,8-9,11H2,1-2H3. The maximum Gasteiger partial charge on any atom is 0.327 e. The molecule has 0 aromatic heterocycles. The molecule has 1 fully saturated rings. The van der Waals surface area contributed by atoms with Crippen molar-refractivity contribution in [3.63, 3.8) is 0 Å². The Hall–Kier alpha value is -1.55. The highest BCUT2D eigenvalue weighted by Crippen LogP contribution is 2.29. The Morgan fingerprint density at radius 1 is 1.35 bits per heavy atom. The summed E-state index contributed by atoms with van der Waals surface area (Å²) in [6.45, 7) is 5.64. The van der Waals surface area contributed by atoms with Crippen molar-refractivity contribution in [2.24, 2.45) is 5.92 Å². The van der Waals surface area contributed by atoms with Crippen LogP contribution in [0.15, 0.2) is 24.3 Å². The van der Waals surface area contributed by atoms with Crippen LogP contribution in [-0.2, 0) is 9.53 Å². The minimum atomic E-state index is -0.407. The number of hydrogen-bond donors (Lipinski definition) is 1. The van der Waals surface area contributed by atoms with Crippen LogP contribution in [0.2, 0.25) is 0 Å². The number of hydrogen-bond acceptors (Lipinski definition) is 4. The van der Waals surface area contributed by atoms with E-state index < -0.39 is 6.04 Å². The lowest BCUT2D eigenvalue weighted by Crippen LogP contribution is -2.31. The maximum atomic E-state index is 12.1. The third kappa shape index (κ3) is 4.23. The molecular weight excluding hydrogens is 254 g/mol. The van der Waals surface area contributed by atoms with Crippen molar-refractivity contribution in [2.75, 3.05) is 19.8 Å². The van der Waals surface area contributed by atoms with Gasteiger partial charge in [0.15, 0.2) is 0 Å². The Kier molecular flexibility index (Phi) is 5.41. The molecule has 1 N–H and O–H groups in total. The van der Waals surface area contributed by atoms with E-state index in [0.717, 1.165) is 17.9 Å². The molecular formula is C16H23NO3. The summed E-state index contributed by atoms with van der Waals surface area (Å²) in [6, 6.07) is 7.24. The first-order chi connectivity index (χ1) is 9.74. The molecule has 0 heterocycles. The third-order valence-corrected chi connectivity index (χ3v) is 3.33. The third-order valence-electron chi connectivity index (χ3n) is 3.33. The molecule has 0 radical (unpaired) electrons. The van der Waals surface area contributed by atoms with E-state index in [1.54, 1.807) is 0 Å². The van der Waals surface area contributed by atoms with Crippen molar-refractivity contribution in [3.05, 3.63) is 29.8 Å². The first kappa shape index (κ1) is 14.9. The van der Waals surface area contributed by atoms with Crippen LogP contribution >= 0.6 is 0 Å². The van der Waals surface area contributed by atoms with Crippen molar-refractivity contribution in [2.45, 2.75) is 32.7 Å². The van der Waals surface area contributed by atoms with Gasteiger partial charge in [-0.05, 0) is 56.8 Å². The average molecular weight is 277 g/mol. The molecule has 0 saturated heterocycles. The molecule has 2 rings (SSSR count). The Labute approximate surface area is 120 Å². The lowest BCUT2D eigenvalue weighted by Gasteiger charge is -2.18. The molecule has 20 heavy (non-hydrogen) atoms. The lowest BCUT2D eigenvalue weighted by atomic mass is 10.1. The van der Waals surface area contributed by atoms with Gasteiger partial charge in [-0.15, -0.1) is 0 Å². The molecule has 0 bridgehead atoms. The summed E-state index contributed by atoms with van der Waals surface area (Å²) < 4.78 is 10.7. The minimum absolute atomic E-state index is 0.221. The Morgan fingerprint density at radius 2 is 2.15 bits per heavy atom. The van der Waals surface area contributed by atoms with Gasteiger partial charge in [-0.25, -0.2) is 4.79 Å². The largest absolute Gasteiger partial charge is 0.494 e. The lowest BCUT2D eigenvalue weighted by molar-refractivity contribution is -0.145. The number of carbonyl (C=O) groups is 1. The summed E-state index contributed by atoms with van der Waals surface area (Å²) in [5, 5.41) is 3.32. The smallest absolute Gasteiger partial charge is 0.327 e. The highest BCUT2D eigenvalue weighted by Gasteiger charge is 2.27. The normalized spacial score (nSPS) is 15.7.